The third-order valence-electron chi connectivity index (χ3n) is 3.76. The summed E-state index contributed by atoms with van der Waals surface area (Å²) < 4.78 is 10.7. The molecule has 0 aromatic carbocycles. The molecule has 1 saturated heterocycles. The molecule has 1 amide bonds. The van der Waals surface area contributed by atoms with Crippen molar-refractivity contribution in [1.82, 2.24) is 15.0 Å². The van der Waals surface area contributed by atoms with E-state index in [2.05, 4.69) is 10.1 Å². The van der Waals surface area contributed by atoms with E-state index < -0.39 is 0 Å². The van der Waals surface area contributed by atoms with Gasteiger partial charge in [0, 0.05) is 19.0 Å². The third-order valence-corrected chi connectivity index (χ3v) is 3.76. The summed E-state index contributed by atoms with van der Waals surface area (Å²) in [5, 5.41) is 3.96. The maximum Gasteiger partial charge on any atom is 0.257 e. The highest BCUT2D eigenvalue weighted by molar-refractivity contribution is 5.95. The van der Waals surface area contributed by atoms with Gasteiger partial charge in [-0.1, -0.05) is 19.0 Å². The van der Waals surface area contributed by atoms with E-state index in [4.69, 9.17) is 8.94 Å². The van der Waals surface area contributed by atoms with Gasteiger partial charge in [-0.2, -0.15) is 4.98 Å². The molecular weight excluding hydrogens is 270 g/mol. The van der Waals surface area contributed by atoms with Crippen LogP contribution in [0, 0.1) is 13.8 Å². The number of nitrogens with zero attached hydrogens (tertiary/aromatic N) is 3. The molecule has 1 aliphatic rings. The van der Waals surface area contributed by atoms with Crippen molar-refractivity contribution in [2.75, 3.05) is 13.1 Å². The Morgan fingerprint density at radius 2 is 2.10 bits per heavy atom. The minimum absolute atomic E-state index is 0.00389. The van der Waals surface area contributed by atoms with Gasteiger partial charge in [0.25, 0.3) is 5.91 Å². The Kier molecular flexibility index (Phi) is 3.31. The average Bonchev–Trinajstić information content (AvgIpc) is 2.94. The van der Waals surface area contributed by atoms with Crippen LogP contribution in [0.3, 0.4) is 0 Å². The number of hydrogen-bond donors (Lipinski definition) is 0. The number of carbonyl (C=O) groups is 1. The topological polar surface area (TPSA) is 72.4 Å². The van der Waals surface area contributed by atoms with Crippen molar-refractivity contribution in [3.63, 3.8) is 0 Å². The summed E-state index contributed by atoms with van der Waals surface area (Å²) in [4.78, 5) is 18.5. The second-order valence-electron chi connectivity index (χ2n) is 5.88. The van der Waals surface area contributed by atoms with Crippen molar-refractivity contribution in [2.24, 2.45) is 0 Å². The maximum absolute atomic E-state index is 12.4. The minimum atomic E-state index is 0.00389. The van der Waals surface area contributed by atoms with Crippen molar-refractivity contribution in [3.05, 3.63) is 34.9 Å². The predicted octanol–water partition coefficient (Wildman–Crippen LogP) is 2.64. The quantitative estimate of drug-likeness (QED) is 0.868. The molecule has 112 valence electrons. The van der Waals surface area contributed by atoms with Crippen molar-refractivity contribution in [1.29, 1.82) is 0 Å². The van der Waals surface area contributed by atoms with E-state index in [0.717, 1.165) is 11.6 Å². The van der Waals surface area contributed by atoms with E-state index >= 15 is 0 Å². The van der Waals surface area contributed by atoms with Gasteiger partial charge in [-0.3, -0.25) is 4.79 Å². The van der Waals surface area contributed by atoms with Crippen LogP contribution < -0.4 is 0 Å². The number of likely N-dealkylation sites (tertiary alicyclic amines) is 1. The van der Waals surface area contributed by atoms with Crippen LogP contribution in [0.25, 0.3) is 0 Å². The zero-order valence-electron chi connectivity index (χ0n) is 12.7. The highest BCUT2D eigenvalue weighted by Crippen LogP contribution is 2.29. The Bertz CT molecular complexity index is 666. The normalized spacial score (nSPS) is 15.6. The zero-order chi connectivity index (χ0) is 15.1. The van der Waals surface area contributed by atoms with Gasteiger partial charge >= 0.3 is 0 Å². The number of hydrogen-bond acceptors (Lipinski definition) is 5. The first-order valence-electron chi connectivity index (χ1n) is 7.15. The summed E-state index contributed by atoms with van der Waals surface area (Å²) in [5.41, 5.74) is 0.638. The SMILES string of the molecule is Cc1cc(C(=O)N2CC(c3nc(C(C)C)no3)C2)c(C)o1. The van der Waals surface area contributed by atoms with Gasteiger partial charge in [0.2, 0.25) is 5.89 Å². The Labute approximate surface area is 123 Å². The van der Waals surface area contributed by atoms with E-state index in [1.165, 1.54) is 0 Å². The predicted molar refractivity (Wildman–Crippen MR) is 75.2 cm³/mol. The van der Waals surface area contributed by atoms with E-state index in [0.29, 0.717) is 30.3 Å². The molecule has 0 N–H and O–H groups in total. The number of furan rings is 1. The van der Waals surface area contributed by atoms with Gasteiger partial charge in [0.15, 0.2) is 5.82 Å². The molecular formula is C15H19N3O3. The summed E-state index contributed by atoms with van der Waals surface area (Å²) in [7, 11) is 0. The Balaban J connectivity index is 1.65. The number of aromatic nitrogens is 2. The van der Waals surface area contributed by atoms with Crippen LogP contribution in [0.15, 0.2) is 15.0 Å². The molecule has 0 unspecified atom stereocenters. The Morgan fingerprint density at radius 1 is 1.38 bits per heavy atom. The molecule has 1 fully saturated rings. The van der Waals surface area contributed by atoms with Crippen molar-refractivity contribution in [2.45, 2.75) is 39.5 Å². The summed E-state index contributed by atoms with van der Waals surface area (Å²) in [6, 6.07) is 1.79. The fourth-order valence-electron chi connectivity index (χ4n) is 2.46. The van der Waals surface area contributed by atoms with Gasteiger partial charge in [0.05, 0.1) is 11.5 Å². The molecule has 1 aliphatic heterocycles. The van der Waals surface area contributed by atoms with Crippen LogP contribution in [0.5, 0.6) is 0 Å². The highest BCUT2D eigenvalue weighted by atomic mass is 16.5. The van der Waals surface area contributed by atoms with Crippen LogP contribution in [-0.4, -0.2) is 34.0 Å². The van der Waals surface area contributed by atoms with Crippen LogP contribution in [0.1, 0.15) is 59.3 Å². The lowest BCUT2D eigenvalue weighted by Crippen LogP contribution is -2.48. The monoisotopic (exact) mass is 289 g/mol. The smallest absolute Gasteiger partial charge is 0.257 e. The Hall–Kier alpha value is -2.11. The molecule has 0 aliphatic carbocycles. The van der Waals surface area contributed by atoms with Crippen LogP contribution in [0.4, 0.5) is 0 Å². The van der Waals surface area contributed by atoms with Crippen molar-refractivity contribution >= 4 is 5.91 Å². The molecule has 0 radical (unpaired) electrons. The highest BCUT2D eigenvalue weighted by Gasteiger charge is 2.37. The van der Waals surface area contributed by atoms with Crippen molar-refractivity contribution < 1.29 is 13.7 Å². The van der Waals surface area contributed by atoms with Crippen molar-refractivity contribution in [3.8, 4) is 0 Å². The first kappa shape index (κ1) is 13.9. The third kappa shape index (κ3) is 2.46. The number of rotatable bonds is 3. The van der Waals surface area contributed by atoms with Crippen LogP contribution in [-0.2, 0) is 0 Å². The fraction of sp³-hybridized carbons (Fsp3) is 0.533. The van der Waals surface area contributed by atoms with E-state index in [9.17, 15) is 4.79 Å². The van der Waals surface area contributed by atoms with Crippen LogP contribution >= 0.6 is 0 Å². The first-order valence-corrected chi connectivity index (χ1v) is 7.15. The van der Waals surface area contributed by atoms with E-state index in [1.54, 1.807) is 11.0 Å². The molecule has 3 rings (SSSR count). The molecule has 2 aromatic heterocycles. The molecule has 2 aromatic rings. The lowest BCUT2D eigenvalue weighted by atomic mass is 9.98. The molecule has 6 nitrogen and oxygen atoms in total. The summed E-state index contributed by atoms with van der Waals surface area (Å²) in [6.07, 6.45) is 0. The van der Waals surface area contributed by atoms with E-state index in [-0.39, 0.29) is 17.7 Å². The largest absolute Gasteiger partial charge is 0.466 e. The molecule has 0 bridgehead atoms. The molecule has 0 saturated carbocycles. The molecule has 21 heavy (non-hydrogen) atoms. The van der Waals surface area contributed by atoms with Gasteiger partial charge in [-0.25, -0.2) is 0 Å². The average molecular weight is 289 g/mol. The summed E-state index contributed by atoms with van der Waals surface area (Å²) in [6.45, 7) is 8.92. The standard InChI is InChI=1S/C15H19N3O3/c1-8(2)13-16-14(21-17-13)11-6-18(7-11)15(19)12-5-9(3)20-10(12)4/h5,8,11H,6-7H2,1-4H3. The van der Waals surface area contributed by atoms with Gasteiger partial charge in [-0.15, -0.1) is 0 Å². The molecule has 6 heteroatoms. The number of amides is 1. The first-order chi connectivity index (χ1) is 9.95. The molecule has 0 atom stereocenters. The number of aryl methyl sites for hydroxylation is 2. The summed E-state index contributed by atoms with van der Waals surface area (Å²) in [5.74, 6) is 3.16. The van der Waals surface area contributed by atoms with Gasteiger partial charge in [0.1, 0.15) is 11.5 Å². The van der Waals surface area contributed by atoms with Gasteiger partial charge < -0.3 is 13.8 Å². The lowest BCUT2D eigenvalue weighted by Gasteiger charge is -2.36. The number of carbonyl (C=O) groups excluding carboxylic acids is 1. The maximum atomic E-state index is 12.4. The second kappa shape index (κ2) is 5.02. The summed E-state index contributed by atoms with van der Waals surface area (Å²) >= 11 is 0. The fourth-order valence-corrected chi connectivity index (χ4v) is 2.46. The zero-order valence-corrected chi connectivity index (χ0v) is 12.7. The minimum Gasteiger partial charge on any atom is -0.466 e. The second-order valence-corrected chi connectivity index (χ2v) is 5.88. The lowest BCUT2D eigenvalue weighted by molar-refractivity contribution is 0.0567. The van der Waals surface area contributed by atoms with E-state index in [1.807, 2.05) is 27.7 Å². The van der Waals surface area contributed by atoms with Crippen LogP contribution in [0.2, 0.25) is 0 Å². The Morgan fingerprint density at radius 3 is 2.62 bits per heavy atom. The molecule has 0 spiro atoms. The van der Waals surface area contributed by atoms with Gasteiger partial charge in [-0.05, 0) is 19.9 Å². The molecule has 3 heterocycles.